The molecule has 1 aromatic heterocycles. The van der Waals surface area contributed by atoms with Crippen molar-refractivity contribution >= 4 is 11.9 Å². The summed E-state index contributed by atoms with van der Waals surface area (Å²) >= 11 is 0. The molecule has 6 nitrogen and oxygen atoms in total. The number of benzene rings is 1. The largest absolute Gasteiger partial charge is 0.480 e. The number of aliphatic carboxylic acids is 1. The highest BCUT2D eigenvalue weighted by molar-refractivity contribution is 5.97. The van der Waals surface area contributed by atoms with Crippen molar-refractivity contribution in [3.8, 4) is 5.69 Å². The van der Waals surface area contributed by atoms with Gasteiger partial charge < -0.3 is 10.4 Å². The van der Waals surface area contributed by atoms with Crippen molar-refractivity contribution in [1.29, 1.82) is 0 Å². The fraction of sp³-hybridized carbons (Fsp3) is 0.312. The van der Waals surface area contributed by atoms with Gasteiger partial charge in [-0.25, -0.2) is 9.48 Å². The van der Waals surface area contributed by atoms with Gasteiger partial charge in [0.25, 0.3) is 5.91 Å². The van der Waals surface area contributed by atoms with E-state index in [-0.39, 0.29) is 0 Å². The third kappa shape index (κ3) is 2.59. The molecule has 0 spiro atoms. The first kappa shape index (κ1) is 14.3. The van der Waals surface area contributed by atoms with E-state index in [1.807, 2.05) is 30.3 Å². The van der Waals surface area contributed by atoms with Crippen LogP contribution in [0.25, 0.3) is 5.69 Å². The average molecular weight is 299 g/mol. The number of carboxylic acids is 1. The Bertz CT molecular complexity index is 688. The Labute approximate surface area is 127 Å². The third-order valence-corrected chi connectivity index (χ3v) is 4.08. The van der Waals surface area contributed by atoms with Crippen LogP contribution in [0.3, 0.4) is 0 Å². The van der Waals surface area contributed by atoms with E-state index >= 15 is 0 Å². The second-order valence-electron chi connectivity index (χ2n) is 5.56. The number of carbonyl (C=O) groups excluding carboxylic acids is 1. The molecule has 1 saturated carbocycles. The molecule has 0 atom stereocenters. The maximum Gasteiger partial charge on any atom is 0.329 e. The summed E-state index contributed by atoms with van der Waals surface area (Å²) in [6, 6.07) is 9.43. The molecule has 0 saturated heterocycles. The average Bonchev–Trinajstić information content (AvgIpc) is 3.18. The molecule has 3 rings (SSSR count). The second-order valence-corrected chi connectivity index (χ2v) is 5.56. The number of nitrogens with one attached hydrogen (secondary N) is 1. The summed E-state index contributed by atoms with van der Waals surface area (Å²) in [5, 5.41) is 16.2. The minimum atomic E-state index is -1.13. The number of hydrogen-bond donors (Lipinski definition) is 2. The van der Waals surface area contributed by atoms with Gasteiger partial charge in [-0.1, -0.05) is 31.0 Å². The summed E-state index contributed by atoms with van der Waals surface area (Å²) in [5.74, 6) is -1.36. The molecular formula is C16H17N3O3. The van der Waals surface area contributed by atoms with Crippen LogP contribution in [0.4, 0.5) is 0 Å². The van der Waals surface area contributed by atoms with E-state index in [0.717, 1.165) is 18.5 Å². The Morgan fingerprint density at radius 3 is 2.50 bits per heavy atom. The van der Waals surface area contributed by atoms with Gasteiger partial charge in [-0.2, -0.15) is 5.10 Å². The molecule has 1 fully saturated rings. The van der Waals surface area contributed by atoms with Crippen molar-refractivity contribution in [2.24, 2.45) is 0 Å². The fourth-order valence-electron chi connectivity index (χ4n) is 2.82. The summed E-state index contributed by atoms with van der Waals surface area (Å²) in [5.41, 5.74) is 0.0677. The predicted octanol–water partition coefficient (Wildman–Crippen LogP) is 2.00. The number of carbonyl (C=O) groups is 2. The topological polar surface area (TPSA) is 84.2 Å². The number of amides is 1. The molecule has 1 aromatic carbocycles. The zero-order chi connectivity index (χ0) is 15.6. The van der Waals surface area contributed by atoms with E-state index in [0.29, 0.717) is 18.4 Å². The van der Waals surface area contributed by atoms with Crippen molar-refractivity contribution in [3.63, 3.8) is 0 Å². The Hall–Kier alpha value is -2.63. The third-order valence-electron chi connectivity index (χ3n) is 4.08. The lowest BCUT2D eigenvalue weighted by Gasteiger charge is -2.24. The number of aromatic nitrogens is 2. The molecular weight excluding hydrogens is 282 g/mol. The van der Waals surface area contributed by atoms with Crippen molar-refractivity contribution in [1.82, 2.24) is 15.1 Å². The molecule has 0 bridgehead atoms. The van der Waals surface area contributed by atoms with Crippen molar-refractivity contribution in [2.75, 3.05) is 0 Å². The number of rotatable bonds is 4. The molecule has 1 amide bonds. The first-order valence-electron chi connectivity index (χ1n) is 7.27. The second kappa shape index (κ2) is 5.63. The Balaban J connectivity index is 1.79. The van der Waals surface area contributed by atoms with E-state index in [4.69, 9.17) is 0 Å². The normalized spacial score (nSPS) is 16.4. The molecule has 22 heavy (non-hydrogen) atoms. The zero-order valence-electron chi connectivity index (χ0n) is 12.0. The van der Waals surface area contributed by atoms with Crippen LogP contribution in [0.2, 0.25) is 0 Å². The molecule has 2 aromatic rings. The van der Waals surface area contributed by atoms with E-state index < -0.39 is 17.4 Å². The van der Waals surface area contributed by atoms with Crippen LogP contribution in [-0.2, 0) is 4.79 Å². The van der Waals surface area contributed by atoms with Crippen LogP contribution in [0.5, 0.6) is 0 Å². The quantitative estimate of drug-likeness (QED) is 0.904. The minimum Gasteiger partial charge on any atom is -0.480 e. The lowest BCUT2D eigenvalue weighted by Crippen LogP contribution is -2.52. The molecule has 1 aliphatic rings. The van der Waals surface area contributed by atoms with Crippen LogP contribution in [0, 0.1) is 0 Å². The van der Waals surface area contributed by atoms with Gasteiger partial charge in [0.1, 0.15) is 5.54 Å². The van der Waals surface area contributed by atoms with Gasteiger partial charge in [-0.15, -0.1) is 0 Å². The minimum absolute atomic E-state index is 0.358. The number of para-hydroxylation sites is 1. The summed E-state index contributed by atoms with van der Waals surface area (Å²) in [6.45, 7) is 0. The molecule has 114 valence electrons. The summed E-state index contributed by atoms with van der Waals surface area (Å²) in [7, 11) is 0. The Morgan fingerprint density at radius 1 is 1.18 bits per heavy atom. The van der Waals surface area contributed by atoms with Gasteiger partial charge in [-0.05, 0) is 25.0 Å². The number of carboxylic acid groups (broad SMARTS) is 1. The standard InChI is InChI=1S/C16H17N3O3/c20-14(18-16(15(21)22)8-4-5-9-16)12-10-17-19(11-12)13-6-2-1-3-7-13/h1-3,6-7,10-11H,4-5,8-9H2,(H,18,20)(H,21,22). The molecule has 1 aliphatic carbocycles. The molecule has 0 unspecified atom stereocenters. The molecule has 0 aliphatic heterocycles. The predicted molar refractivity (Wildman–Crippen MR) is 79.9 cm³/mol. The Kier molecular flexibility index (Phi) is 3.66. The smallest absolute Gasteiger partial charge is 0.329 e. The van der Waals surface area contributed by atoms with Gasteiger partial charge in [0, 0.05) is 6.20 Å². The van der Waals surface area contributed by atoms with Crippen LogP contribution in [0.15, 0.2) is 42.7 Å². The highest BCUT2D eigenvalue weighted by Gasteiger charge is 2.42. The van der Waals surface area contributed by atoms with Crippen LogP contribution in [-0.4, -0.2) is 32.3 Å². The SMILES string of the molecule is O=C(NC1(C(=O)O)CCCC1)c1cnn(-c2ccccc2)c1. The zero-order valence-corrected chi connectivity index (χ0v) is 12.0. The van der Waals surface area contributed by atoms with Gasteiger partial charge in [0.05, 0.1) is 17.4 Å². The van der Waals surface area contributed by atoms with Crippen molar-refractivity contribution in [3.05, 3.63) is 48.3 Å². The summed E-state index contributed by atoms with van der Waals surface area (Å²) < 4.78 is 1.59. The summed E-state index contributed by atoms with van der Waals surface area (Å²) in [4.78, 5) is 23.8. The van der Waals surface area contributed by atoms with E-state index in [9.17, 15) is 14.7 Å². The molecule has 1 heterocycles. The van der Waals surface area contributed by atoms with Gasteiger partial charge in [0.15, 0.2) is 0 Å². The van der Waals surface area contributed by atoms with Crippen LogP contribution < -0.4 is 5.32 Å². The Morgan fingerprint density at radius 2 is 1.86 bits per heavy atom. The molecule has 2 N–H and O–H groups in total. The number of hydrogen-bond acceptors (Lipinski definition) is 3. The lowest BCUT2D eigenvalue weighted by molar-refractivity contribution is -0.144. The van der Waals surface area contributed by atoms with Gasteiger partial charge >= 0.3 is 5.97 Å². The van der Waals surface area contributed by atoms with Gasteiger partial charge in [0.2, 0.25) is 0 Å². The van der Waals surface area contributed by atoms with Crippen LogP contribution in [0.1, 0.15) is 36.0 Å². The monoisotopic (exact) mass is 299 g/mol. The van der Waals surface area contributed by atoms with Crippen LogP contribution >= 0.6 is 0 Å². The van der Waals surface area contributed by atoms with Crippen molar-refractivity contribution in [2.45, 2.75) is 31.2 Å². The van der Waals surface area contributed by atoms with E-state index in [2.05, 4.69) is 10.4 Å². The van der Waals surface area contributed by atoms with E-state index in [1.54, 1.807) is 10.9 Å². The first-order valence-corrected chi connectivity index (χ1v) is 7.27. The highest BCUT2D eigenvalue weighted by atomic mass is 16.4. The van der Waals surface area contributed by atoms with Crippen molar-refractivity contribution < 1.29 is 14.7 Å². The van der Waals surface area contributed by atoms with E-state index in [1.165, 1.54) is 6.20 Å². The first-order chi connectivity index (χ1) is 10.6. The molecule has 0 radical (unpaired) electrons. The maximum atomic E-state index is 12.3. The lowest BCUT2D eigenvalue weighted by atomic mass is 9.97. The number of nitrogens with zero attached hydrogens (tertiary/aromatic N) is 2. The highest BCUT2D eigenvalue weighted by Crippen LogP contribution is 2.30. The maximum absolute atomic E-state index is 12.3. The fourth-order valence-corrected chi connectivity index (χ4v) is 2.82. The molecule has 6 heteroatoms. The summed E-state index contributed by atoms with van der Waals surface area (Å²) in [6.07, 6.45) is 5.63. The van der Waals surface area contributed by atoms with Gasteiger partial charge in [-0.3, -0.25) is 4.79 Å².